The highest BCUT2D eigenvalue weighted by Crippen LogP contribution is 2.23. The number of methoxy groups -OCH3 is 1. The monoisotopic (exact) mass is 447 g/mol. The van der Waals surface area contributed by atoms with Gasteiger partial charge in [-0.25, -0.2) is 4.79 Å². The third kappa shape index (κ3) is 5.81. The van der Waals surface area contributed by atoms with E-state index < -0.39 is 12.2 Å². The Bertz CT molecular complexity index is 929. The molecule has 2 heterocycles. The molecule has 0 radical (unpaired) electrons. The van der Waals surface area contributed by atoms with E-state index >= 15 is 0 Å². The fraction of sp³-hybridized carbons (Fsp3) is 0.381. The minimum Gasteiger partial charge on any atom is -0.452 e. The lowest BCUT2D eigenvalue weighted by molar-refractivity contribution is -0.125. The number of aryl methyl sites for hydroxylation is 1. The fourth-order valence-electron chi connectivity index (χ4n) is 3.13. The van der Waals surface area contributed by atoms with Crippen LogP contribution in [0.3, 0.4) is 0 Å². The molecule has 0 spiro atoms. The number of hydrogen-bond acceptors (Lipinski definition) is 7. The SMILES string of the molecule is COC(=O)N(CC(O)CNC(=O)c1ccc(C)s1)c1ccc(N2CCOCC2=O)cc1. The summed E-state index contributed by atoms with van der Waals surface area (Å²) in [5, 5.41) is 13.1. The van der Waals surface area contributed by atoms with Gasteiger partial charge in [0, 0.05) is 29.3 Å². The number of carbonyl (C=O) groups excluding carboxylic acids is 3. The molecule has 3 rings (SSSR count). The highest BCUT2D eigenvalue weighted by molar-refractivity contribution is 7.13. The van der Waals surface area contributed by atoms with Gasteiger partial charge in [-0.15, -0.1) is 11.3 Å². The molecule has 1 saturated heterocycles. The number of hydrogen-bond donors (Lipinski definition) is 2. The molecule has 10 heteroatoms. The molecule has 0 bridgehead atoms. The first-order valence-electron chi connectivity index (χ1n) is 9.75. The third-order valence-corrected chi connectivity index (χ3v) is 5.71. The van der Waals surface area contributed by atoms with Crippen molar-refractivity contribution in [3.8, 4) is 0 Å². The number of nitrogens with zero attached hydrogens (tertiary/aromatic N) is 2. The second kappa shape index (κ2) is 10.4. The van der Waals surface area contributed by atoms with E-state index in [2.05, 4.69) is 5.32 Å². The minimum atomic E-state index is -1.01. The Balaban J connectivity index is 1.63. The predicted octanol–water partition coefficient (Wildman–Crippen LogP) is 1.78. The minimum absolute atomic E-state index is 0.0242. The Morgan fingerprint density at radius 1 is 1.29 bits per heavy atom. The third-order valence-electron chi connectivity index (χ3n) is 4.71. The van der Waals surface area contributed by atoms with Gasteiger partial charge in [-0.1, -0.05) is 0 Å². The number of nitrogens with one attached hydrogen (secondary N) is 1. The van der Waals surface area contributed by atoms with Gasteiger partial charge in [0.25, 0.3) is 11.8 Å². The average Bonchev–Trinajstić information content (AvgIpc) is 3.22. The van der Waals surface area contributed by atoms with Crippen molar-refractivity contribution in [3.63, 3.8) is 0 Å². The molecule has 1 aliphatic heterocycles. The maximum atomic E-state index is 12.3. The van der Waals surface area contributed by atoms with Crippen LogP contribution in [0.1, 0.15) is 14.5 Å². The fourth-order valence-corrected chi connectivity index (χ4v) is 3.91. The summed E-state index contributed by atoms with van der Waals surface area (Å²) in [6.07, 6.45) is -1.65. The molecule has 31 heavy (non-hydrogen) atoms. The summed E-state index contributed by atoms with van der Waals surface area (Å²) in [4.78, 5) is 40.9. The molecule has 2 aromatic rings. The van der Waals surface area contributed by atoms with Crippen molar-refractivity contribution in [1.82, 2.24) is 5.32 Å². The van der Waals surface area contributed by atoms with Crippen LogP contribution in [-0.2, 0) is 14.3 Å². The van der Waals surface area contributed by atoms with Gasteiger partial charge in [0.1, 0.15) is 6.61 Å². The lowest BCUT2D eigenvalue weighted by atomic mass is 10.2. The van der Waals surface area contributed by atoms with Crippen molar-refractivity contribution < 1.29 is 29.0 Å². The van der Waals surface area contributed by atoms with Crippen molar-refractivity contribution in [2.24, 2.45) is 0 Å². The first kappa shape index (κ1) is 22.7. The van der Waals surface area contributed by atoms with E-state index in [-0.39, 0.29) is 31.5 Å². The number of morpholine rings is 1. The molecule has 0 saturated carbocycles. The van der Waals surface area contributed by atoms with E-state index in [9.17, 15) is 19.5 Å². The Labute approximate surface area is 184 Å². The smallest absolute Gasteiger partial charge is 0.414 e. The van der Waals surface area contributed by atoms with Crippen molar-refractivity contribution in [3.05, 3.63) is 46.2 Å². The number of rotatable bonds is 7. The van der Waals surface area contributed by atoms with Gasteiger partial charge in [-0.3, -0.25) is 14.5 Å². The molecule has 1 atom stereocenters. The normalized spacial score (nSPS) is 14.8. The number of benzene rings is 1. The van der Waals surface area contributed by atoms with E-state index in [0.717, 1.165) is 4.88 Å². The molecule has 1 aliphatic rings. The van der Waals surface area contributed by atoms with Crippen LogP contribution >= 0.6 is 11.3 Å². The highest BCUT2D eigenvalue weighted by Gasteiger charge is 2.23. The number of amides is 3. The Morgan fingerprint density at radius 3 is 2.65 bits per heavy atom. The van der Waals surface area contributed by atoms with E-state index in [1.54, 1.807) is 35.2 Å². The quantitative estimate of drug-likeness (QED) is 0.670. The van der Waals surface area contributed by atoms with Crippen LogP contribution in [0.2, 0.25) is 0 Å². The lowest BCUT2D eigenvalue weighted by Gasteiger charge is -2.28. The van der Waals surface area contributed by atoms with Crippen LogP contribution in [-0.4, -0.2) is 69.1 Å². The highest BCUT2D eigenvalue weighted by atomic mass is 32.1. The zero-order valence-electron chi connectivity index (χ0n) is 17.4. The zero-order valence-corrected chi connectivity index (χ0v) is 18.2. The van der Waals surface area contributed by atoms with Crippen LogP contribution in [0, 0.1) is 6.92 Å². The van der Waals surface area contributed by atoms with Crippen LogP contribution in [0.25, 0.3) is 0 Å². The summed E-state index contributed by atoms with van der Waals surface area (Å²) in [6, 6.07) is 10.4. The number of carbonyl (C=O) groups is 3. The topological polar surface area (TPSA) is 108 Å². The zero-order chi connectivity index (χ0) is 22.4. The number of anilines is 2. The molecular weight excluding hydrogens is 422 g/mol. The number of aliphatic hydroxyl groups excluding tert-OH is 1. The Kier molecular flexibility index (Phi) is 7.61. The van der Waals surface area contributed by atoms with Crippen molar-refractivity contribution in [2.75, 3.05) is 49.8 Å². The predicted molar refractivity (Wildman–Crippen MR) is 117 cm³/mol. The maximum Gasteiger partial charge on any atom is 0.414 e. The standard InChI is InChI=1S/C21H25N3O6S/c1-14-3-8-18(31-14)20(27)22-11-17(25)12-24(21(28)29-2)16-6-4-15(5-7-16)23-9-10-30-13-19(23)26/h3-8,17,25H,9-13H2,1-2H3,(H,22,27). The van der Waals surface area contributed by atoms with Gasteiger partial charge in [-0.2, -0.15) is 0 Å². The van der Waals surface area contributed by atoms with E-state index in [0.29, 0.717) is 29.4 Å². The average molecular weight is 448 g/mol. The van der Waals surface area contributed by atoms with Crippen LogP contribution in [0.15, 0.2) is 36.4 Å². The molecule has 1 aromatic heterocycles. The molecule has 0 aliphatic carbocycles. The molecule has 166 valence electrons. The van der Waals surface area contributed by atoms with Crippen molar-refractivity contribution in [2.45, 2.75) is 13.0 Å². The van der Waals surface area contributed by atoms with Crippen molar-refractivity contribution in [1.29, 1.82) is 0 Å². The second-order valence-electron chi connectivity index (χ2n) is 6.97. The van der Waals surface area contributed by atoms with E-state index in [1.807, 2.05) is 13.0 Å². The Hall–Kier alpha value is -2.95. The molecular formula is C21H25N3O6S. The summed E-state index contributed by atoms with van der Waals surface area (Å²) in [5.74, 6) is -0.405. The van der Waals surface area contributed by atoms with Gasteiger partial charge >= 0.3 is 6.09 Å². The molecule has 1 unspecified atom stereocenters. The summed E-state index contributed by atoms with van der Waals surface area (Å²) >= 11 is 1.37. The van der Waals surface area contributed by atoms with Crippen LogP contribution < -0.4 is 15.1 Å². The van der Waals surface area contributed by atoms with E-state index in [4.69, 9.17) is 9.47 Å². The van der Waals surface area contributed by atoms with Gasteiger partial charge in [0.05, 0.1) is 31.2 Å². The summed E-state index contributed by atoms with van der Waals surface area (Å²) in [5.41, 5.74) is 1.19. The summed E-state index contributed by atoms with van der Waals surface area (Å²) in [6.45, 7) is 2.77. The van der Waals surface area contributed by atoms with Crippen LogP contribution in [0.4, 0.5) is 16.2 Å². The molecule has 9 nitrogen and oxygen atoms in total. The van der Waals surface area contributed by atoms with Crippen LogP contribution in [0.5, 0.6) is 0 Å². The van der Waals surface area contributed by atoms with Gasteiger partial charge < -0.3 is 24.8 Å². The number of thiophene rings is 1. The molecule has 1 fully saturated rings. The largest absolute Gasteiger partial charge is 0.452 e. The number of aliphatic hydroxyl groups is 1. The first-order valence-corrected chi connectivity index (χ1v) is 10.6. The summed E-state index contributed by atoms with van der Waals surface area (Å²) < 4.78 is 9.97. The van der Waals surface area contributed by atoms with Gasteiger partial charge in [0.2, 0.25) is 0 Å². The molecule has 3 amide bonds. The molecule has 2 N–H and O–H groups in total. The second-order valence-corrected chi connectivity index (χ2v) is 8.26. The maximum absolute atomic E-state index is 12.3. The first-order chi connectivity index (χ1) is 14.9. The lowest BCUT2D eigenvalue weighted by Crippen LogP contribution is -2.43. The number of ether oxygens (including phenoxy) is 2. The summed E-state index contributed by atoms with van der Waals surface area (Å²) in [7, 11) is 1.25. The Morgan fingerprint density at radius 2 is 2.03 bits per heavy atom. The van der Waals surface area contributed by atoms with E-state index in [1.165, 1.54) is 23.3 Å². The molecule has 1 aromatic carbocycles. The van der Waals surface area contributed by atoms with Gasteiger partial charge in [0.15, 0.2) is 0 Å². The van der Waals surface area contributed by atoms with Crippen molar-refractivity contribution >= 4 is 40.6 Å². The van der Waals surface area contributed by atoms with Gasteiger partial charge in [-0.05, 0) is 43.3 Å².